The number of hydrogen-bond acceptors (Lipinski definition) is 4. The summed E-state index contributed by atoms with van der Waals surface area (Å²) >= 11 is 0. The highest BCUT2D eigenvalue weighted by molar-refractivity contribution is 5.94. The van der Waals surface area contributed by atoms with Crippen molar-refractivity contribution < 1.29 is 37.3 Å². The van der Waals surface area contributed by atoms with Crippen molar-refractivity contribution in [1.82, 2.24) is 5.32 Å². The molecule has 0 aliphatic heterocycles. The second-order valence-electron chi connectivity index (χ2n) is 8.84. The maximum absolute atomic E-state index is 12.5. The van der Waals surface area contributed by atoms with E-state index in [0.29, 0.717) is 11.3 Å². The molecule has 3 aromatic carbocycles. The van der Waals surface area contributed by atoms with Crippen LogP contribution in [-0.4, -0.2) is 29.9 Å². The molecule has 9 heteroatoms. The first-order valence-electron chi connectivity index (χ1n) is 12.1. The van der Waals surface area contributed by atoms with Gasteiger partial charge >= 0.3 is 12.3 Å². The zero-order chi connectivity index (χ0) is 27.3. The molecule has 0 spiro atoms. The number of aliphatic carboxylic acids is 1. The molecule has 0 heterocycles. The van der Waals surface area contributed by atoms with E-state index in [0.717, 1.165) is 40.7 Å². The van der Waals surface area contributed by atoms with Gasteiger partial charge in [-0.1, -0.05) is 36.4 Å². The summed E-state index contributed by atoms with van der Waals surface area (Å²) in [4.78, 5) is 22.8. The number of carbonyl (C=O) groups is 2. The molecule has 6 nitrogen and oxygen atoms in total. The molecule has 1 aliphatic rings. The maximum atomic E-state index is 12.5. The van der Waals surface area contributed by atoms with Gasteiger partial charge in [-0.3, -0.25) is 9.59 Å². The molecular formula is C29H26F3NO5. The predicted molar refractivity (Wildman–Crippen MR) is 136 cm³/mol. The molecule has 0 radical (unpaired) electrons. The Kier molecular flexibility index (Phi) is 8.05. The topological polar surface area (TPSA) is 84.9 Å². The number of amides is 1. The van der Waals surface area contributed by atoms with Crippen LogP contribution in [0, 0.1) is 0 Å². The third-order valence-electron chi connectivity index (χ3n) is 6.09. The van der Waals surface area contributed by atoms with Gasteiger partial charge in [-0.25, -0.2) is 0 Å². The molecule has 1 unspecified atom stereocenters. The van der Waals surface area contributed by atoms with Crippen molar-refractivity contribution >= 4 is 18.0 Å². The molecule has 4 rings (SSSR count). The number of carboxylic acid groups (broad SMARTS) is 1. The summed E-state index contributed by atoms with van der Waals surface area (Å²) in [6.45, 7) is 1.94. The monoisotopic (exact) mass is 525 g/mol. The van der Waals surface area contributed by atoms with Gasteiger partial charge < -0.3 is 19.9 Å². The molecule has 198 valence electrons. The number of alkyl halides is 3. The van der Waals surface area contributed by atoms with E-state index in [2.05, 4.69) is 16.1 Å². The lowest BCUT2D eigenvalue weighted by atomic mass is 9.92. The zero-order valence-electron chi connectivity index (χ0n) is 20.5. The summed E-state index contributed by atoms with van der Waals surface area (Å²) in [5.74, 6) is -0.948. The van der Waals surface area contributed by atoms with Crippen molar-refractivity contribution in [2.75, 3.05) is 6.54 Å². The van der Waals surface area contributed by atoms with E-state index in [1.54, 1.807) is 36.4 Å². The molecule has 0 bridgehead atoms. The van der Waals surface area contributed by atoms with Crippen LogP contribution >= 0.6 is 0 Å². The summed E-state index contributed by atoms with van der Waals surface area (Å²) in [7, 11) is 0. The van der Waals surface area contributed by atoms with E-state index in [1.807, 2.05) is 25.1 Å². The lowest BCUT2D eigenvalue weighted by Crippen LogP contribution is -2.25. The van der Waals surface area contributed by atoms with E-state index < -0.39 is 12.3 Å². The number of nitrogens with one attached hydrogen (secondary N) is 1. The van der Waals surface area contributed by atoms with Crippen LogP contribution in [0.15, 0.2) is 66.7 Å². The molecule has 1 atom stereocenters. The first kappa shape index (κ1) is 26.8. The average Bonchev–Trinajstić information content (AvgIpc) is 2.88. The SMILES string of the molecule is CC(Oc1cc(-c2ccc(OC(F)(F)F)cc2)cc2c1CCC=C2)c1ccc(C(=O)NCCC(=O)O)cc1. The fourth-order valence-electron chi connectivity index (χ4n) is 4.19. The van der Waals surface area contributed by atoms with Crippen LogP contribution < -0.4 is 14.8 Å². The van der Waals surface area contributed by atoms with Gasteiger partial charge in [0.1, 0.15) is 17.6 Å². The number of hydrogen-bond donors (Lipinski definition) is 2. The van der Waals surface area contributed by atoms with Gasteiger partial charge in [-0.2, -0.15) is 0 Å². The Balaban J connectivity index is 1.52. The number of benzene rings is 3. The average molecular weight is 526 g/mol. The van der Waals surface area contributed by atoms with Crippen LogP contribution in [0.2, 0.25) is 0 Å². The fraction of sp³-hybridized carbons (Fsp3) is 0.241. The van der Waals surface area contributed by atoms with Crippen molar-refractivity contribution in [3.8, 4) is 22.6 Å². The Labute approximate surface area is 217 Å². The Morgan fingerprint density at radius 1 is 1.03 bits per heavy atom. The van der Waals surface area contributed by atoms with Crippen molar-refractivity contribution in [3.05, 3.63) is 89.0 Å². The molecule has 0 saturated heterocycles. The van der Waals surface area contributed by atoms with Gasteiger partial charge in [0.15, 0.2) is 0 Å². The van der Waals surface area contributed by atoms with Crippen LogP contribution in [0.3, 0.4) is 0 Å². The minimum atomic E-state index is -4.75. The van der Waals surface area contributed by atoms with Crippen LogP contribution in [0.1, 0.15) is 52.9 Å². The number of rotatable bonds is 9. The summed E-state index contributed by atoms with van der Waals surface area (Å²) in [5, 5.41) is 11.3. The zero-order valence-corrected chi connectivity index (χ0v) is 20.5. The fourth-order valence-corrected chi connectivity index (χ4v) is 4.19. The standard InChI is InChI=1S/C29H26F3NO5/c1-18(19-6-8-21(9-7-19)28(36)33-15-14-27(34)35)37-26-17-23(16-22-4-2-3-5-25(22)26)20-10-12-24(13-11-20)38-29(30,31)32/h2,4,6-13,16-18H,3,5,14-15H2,1H3,(H,33,36)(H,34,35). The summed E-state index contributed by atoms with van der Waals surface area (Å²) in [6.07, 6.45) is 0.482. The Bertz CT molecular complexity index is 1330. The predicted octanol–water partition coefficient (Wildman–Crippen LogP) is 6.56. The van der Waals surface area contributed by atoms with Crippen molar-refractivity contribution in [3.63, 3.8) is 0 Å². The summed E-state index contributed by atoms with van der Waals surface area (Å²) < 4.78 is 47.9. The molecule has 0 fully saturated rings. The normalized spacial score (nSPS) is 13.4. The van der Waals surface area contributed by atoms with E-state index in [-0.39, 0.29) is 30.7 Å². The van der Waals surface area contributed by atoms with Gasteiger partial charge in [-0.05, 0) is 78.4 Å². The molecule has 1 aliphatic carbocycles. The highest BCUT2D eigenvalue weighted by Crippen LogP contribution is 2.37. The molecule has 0 aromatic heterocycles. The van der Waals surface area contributed by atoms with Crippen molar-refractivity contribution in [2.24, 2.45) is 0 Å². The highest BCUT2D eigenvalue weighted by atomic mass is 19.4. The maximum Gasteiger partial charge on any atom is 0.573 e. The first-order chi connectivity index (χ1) is 18.1. The van der Waals surface area contributed by atoms with E-state index in [9.17, 15) is 22.8 Å². The summed E-state index contributed by atoms with van der Waals surface area (Å²) in [5.41, 5.74) is 4.80. The smallest absolute Gasteiger partial charge is 0.486 e. The van der Waals surface area contributed by atoms with Gasteiger partial charge in [0, 0.05) is 17.7 Å². The van der Waals surface area contributed by atoms with E-state index in [4.69, 9.17) is 9.84 Å². The van der Waals surface area contributed by atoms with Crippen LogP contribution in [0.4, 0.5) is 13.2 Å². The van der Waals surface area contributed by atoms with Crippen molar-refractivity contribution in [2.45, 2.75) is 38.7 Å². The number of allylic oxidation sites excluding steroid dienone is 1. The molecule has 38 heavy (non-hydrogen) atoms. The Hall–Kier alpha value is -4.27. The quantitative estimate of drug-likeness (QED) is 0.331. The van der Waals surface area contributed by atoms with Gasteiger partial charge in [0.05, 0.1) is 6.42 Å². The number of carboxylic acids is 1. The van der Waals surface area contributed by atoms with Crippen molar-refractivity contribution in [1.29, 1.82) is 0 Å². The Morgan fingerprint density at radius 2 is 1.74 bits per heavy atom. The third kappa shape index (κ3) is 6.94. The van der Waals surface area contributed by atoms with E-state index >= 15 is 0 Å². The second-order valence-corrected chi connectivity index (χ2v) is 8.84. The minimum absolute atomic E-state index is 0.0450. The largest absolute Gasteiger partial charge is 0.573 e. The molecule has 0 saturated carbocycles. The molecule has 3 aromatic rings. The lowest BCUT2D eigenvalue weighted by molar-refractivity contribution is -0.274. The number of fused-ring (bicyclic) bond motifs is 1. The highest BCUT2D eigenvalue weighted by Gasteiger charge is 2.31. The van der Waals surface area contributed by atoms with Crippen LogP contribution in [0.5, 0.6) is 11.5 Å². The number of carbonyl (C=O) groups excluding carboxylic acids is 1. The third-order valence-corrected chi connectivity index (χ3v) is 6.09. The van der Waals surface area contributed by atoms with Crippen LogP contribution in [-0.2, 0) is 11.2 Å². The number of ether oxygens (including phenoxy) is 2. The molecular weight excluding hydrogens is 499 g/mol. The first-order valence-corrected chi connectivity index (χ1v) is 12.1. The van der Waals surface area contributed by atoms with Gasteiger partial charge in [0.25, 0.3) is 5.91 Å². The Morgan fingerprint density at radius 3 is 2.39 bits per heavy atom. The number of halogens is 3. The lowest BCUT2D eigenvalue weighted by Gasteiger charge is -2.22. The van der Waals surface area contributed by atoms with E-state index in [1.165, 1.54) is 12.1 Å². The second kappa shape index (κ2) is 11.4. The summed E-state index contributed by atoms with van der Waals surface area (Å²) in [6, 6.07) is 16.5. The van der Waals surface area contributed by atoms with Gasteiger partial charge in [-0.15, -0.1) is 13.2 Å². The minimum Gasteiger partial charge on any atom is -0.486 e. The van der Waals surface area contributed by atoms with Crippen LogP contribution in [0.25, 0.3) is 17.2 Å². The molecule has 2 N–H and O–H groups in total. The van der Waals surface area contributed by atoms with Gasteiger partial charge in [0.2, 0.25) is 0 Å². The molecule has 1 amide bonds.